The van der Waals surface area contributed by atoms with Gasteiger partial charge in [0.15, 0.2) is 10.6 Å². The van der Waals surface area contributed by atoms with Crippen molar-refractivity contribution in [2.24, 2.45) is 4.99 Å². The Hall–Kier alpha value is -2.60. The molecule has 0 saturated carbocycles. The topological polar surface area (TPSA) is 34.4 Å². The normalized spacial score (nSPS) is 11.9. The van der Waals surface area contributed by atoms with Gasteiger partial charge in [0.05, 0.1) is 10.2 Å². The average Bonchev–Trinajstić information content (AvgIpc) is 2.87. The first kappa shape index (κ1) is 17.2. The fourth-order valence-electron chi connectivity index (χ4n) is 2.54. The van der Waals surface area contributed by atoms with Gasteiger partial charge in [0, 0.05) is 18.2 Å². The SMILES string of the molecule is C=CCn1c(=NC(=O)c2ccc(C)c(C)c2)sc2cc(F)cc(F)c21. The summed E-state index contributed by atoms with van der Waals surface area (Å²) in [6, 6.07) is 7.40. The first-order valence-corrected chi connectivity index (χ1v) is 8.48. The van der Waals surface area contributed by atoms with Crippen LogP contribution in [0.4, 0.5) is 8.78 Å². The number of benzene rings is 2. The highest BCUT2D eigenvalue weighted by molar-refractivity contribution is 7.16. The molecule has 0 fully saturated rings. The van der Waals surface area contributed by atoms with Crippen LogP contribution in [0.5, 0.6) is 0 Å². The zero-order valence-electron chi connectivity index (χ0n) is 13.8. The standard InChI is InChI=1S/C19H16F2N2OS/c1-4-7-23-17-15(21)9-14(20)10-16(17)25-19(23)22-18(24)13-6-5-11(2)12(3)8-13/h4-6,8-10H,1,7H2,2-3H3. The maximum absolute atomic E-state index is 14.2. The number of carbonyl (C=O) groups is 1. The maximum atomic E-state index is 14.2. The van der Waals surface area contributed by atoms with E-state index in [0.717, 1.165) is 28.5 Å². The number of hydrogen-bond acceptors (Lipinski definition) is 2. The van der Waals surface area contributed by atoms with Crippen LogP contribution >= 0.6 is 11.3 Å². The van der Waals surface area contributed by atoms with Crippen molar-refractivity contribution in [2.75, 3.05) is 0 Å². The van der Waals surface area contributed by atoms with Crippen LogP contribution in [0.25, 0.3) is 10.2 Å². The van der Waals surface area contributed by atoms with Crippen LogP contribution in [-0.2, 0) is 6.54 Å². The summed E-state index contributed by atoms with van der Waals surface area (Å²) in [4.78, 5) is 16.9. The second-order valence-electron chi connectivity index (χ2n) is 5.73. The largest absolute Gasteiger partial charge is 0.310 e. The van der Waals surface area contributed by atoms with Gasteiger partial charge < -0.3 is 4.57 Å². The molecule has 2 aromatic carbocycles. The lowest BCUT2D eigenvalue weighted by atomic mass is 10.1. The molecular weight excluding hydrogens is 342 g/mol. The minimum Gasteiger partial charge on any atom is -0.310 e. The van der Waals surface area contributed by atoms with Gasteiger partial charge in [0.2, 0.25) is 0 Å². The van der Waals surface area contributed by atoms with Crippen molar-refractivity contribution in [1.29, 1.82) is 0 Å². The van der Waals surface area contributed by atoms with Gasteiger partial charge in [-0.15, -0.1) is 6.58 Å². The van der Waals surface area contributed by atoms with E-state index < -0.39 is 17.5 Å². The summed E-state index contributed by atoms with van der Waals surface area (Å²) >= 11 is 1.07. The van der Waals surface area contributed by atoms with Crippen LogP contribution in [0.15, 0.2) is 48.0 Å². The van der Waals surface area contributed by atoms with Crippen LogP contribution in [0.2, 0.25) is 0 Å². The fourth-order valence-corrected chi connectivity index (χ4v) is 3.62. The molecule has 0 aliphatic heterocycles. The number of hydrogen-bond donors (Lipinski definition) is 0. The number of thiazole rings is 1. The molecule has 128 valence electrons. The van der Waals surface area contributed by atoms with Gasteiger partial charge in [-0.1, -0.05) is 23.5 Å². The van der Waals surface area contributed by atoms with E-state index in [0.29, 0.717) is 15.1 Å². The molecular formula is C19H16F2N2OS. The number of amides is 1. The van der Waals surface area contributed by atoms with E-state index in [1.165, 1.54) is 10.6 Å². The van der Waals surface area contributed by atoms with Gasteiger partial charge >= 0.3 is 0 Å². The Bertz CT molecular complexity index is 1060. The molecule has 0 N–H and O–H groups in total. The summed E-state index contributed by atoms with van der Waals surface area (Å²) in [6.07, 6.45) is 1.58. The van der Waals surface area contributed by atoms with Gasteiger partial charge in [-0.3, -0.25) is 4.79 Å². The summed E-state index contributed by atoms with van der Waals surface area (Å²) in [5.74, 6) is -1.77. The molecule has 6 heteroatoms. The number of aromatic nitrogens is 1. The molecule has 3 aromatic rings. The Kier molecular flexibility index (Phi) is 4.63. The highest BCUT2D eigenvalue weighted by Crippen LogP contribution is 2.22. The van der Waals surface area contributed by atoms with Crippen molar-refractivity contribution in [3.8, 4) is 0 Å². The van der Waals surface area contributed by atoms with Crippen molar-refractivity contribution in [1.82, 2.24) is 4.57 Å². The van der Waals surface area contributed by atoms with Crippen molar-refractivity contribution in [2.45, 2.75) is 20.4 Å². The second-order valence-corrected chi connectivity index (χ2v) is 6.74. The minimum atomic E-state index is -0.687. The smallest absolute Gasteiger partial charge is 0.279 e. The molecule has 25 heavy (non-hydrogen) atoms. The van der Waals surface area contributed by atoms with E-state index in [1.807, 2.05) is 19.9 Å². The number of rotatable bonds is 3. The molecule has 3 rings (SSSR count). The number of halogens is 2. The first-order chi connectivity index (χ1) is 11.9. The van der Waals surface area contributed by atoms with Crippen LogP contribution in [0, 0.1) is 25.5 Å². The third kappa shape index (κ3) is 3.30. The summed E-state index contributed by atoms with van der Waals surface area (Å²) in [5.41, 5.74) is 2.75. The molecule has 0 saturated heterocycles. The van der Waals surface area contributed by atoms with Gasteiger partial charge in [-0.25, -0.2) is 8.78 Å². The summed E-state index contributed by atoms with van der Waals surface area (Å²) in [5, 5.41) is 0. The van der Waals surface area contributed by atoms with Gasteiger partial charge in [0.1, 0.15) is 5.82 Å². The highest BCUT2D eigenvalue weighted by atomic mass is 32.1. The predicted octanol–water partition coefficient (Wildman–Crippen LogP) is 4.52. The average molecular weight is 358 g/mol. The number of fused-ring (bicyclic) bond motifs is 1. The zero-order valence-corrected chi connectivity index (χ0v) is 14.7. The predicted molar refractivity (Wildman–Crippen MR) is 95.7 cm³/mol. The molecule has 0 aliphatic rings. The zero-order chi connectivity index (χ0) is 18.1. The summed E-state index contributed by atoms with van der Waals surface area (Å²) in [6.45, 7) is 7.79. The lowest BCUT2D eigenvalue weighted by Gasteiger charge is -2.03. The van der Waals surface area contributed by atoms with E-state index in [2.05, 4.69) is 11.6 Å². The number of carbonyl (C=O) groups excluding carboxylic acids is 1. The number of aryl methyl sites for hydroxylation is 2. The van der Waals surface area contributed by atoms with Crippen LogP contribution in [-0.4, -0.2) is 10.5 Å². The summed E-state index contributed by atoms with van der Waals surface area (Å²) < 4.78 is 29.6. The molecule has 1 amide bonds. The van der Waals surface area contributed by atoms with Gasteiger partial charge in [0.25, 0.3) is 5.91 Å². The van der Waals surface area contributed by atoms with Crippen LogP contribution in [0.3, 0.4) is 0 Å². The minimum absolute atomic E-state index is 0.220. The molecule has 1 heterocycles. The van der Waals surface area contributed by atoms with Crippen molar-refractivity contribution in [3.05, 3.63) is 76.1 Å². The molecule has 0 aliphatic carbocycles. The lowest BCUT2D eigenvalue weighted by molar-refractivity contribution is 0.0998. The maximum Gasteiger partial charge on any atom is 0.279 e. The van der Waals surface area contributed by atoms with E-state index in [4.69, 9.17) is 0 Å². The molecule has 1 aromatic heterocycles. The number of allylic oxidation sites excluding steroid dienone is 1. The first-order valence-electron chi connectivity index (χ1n) is 7.66. The highest BCUT2D eigenvalue weighted by Gasteiger charge is 2.14. The van der Waals surface area contributed by atoms with Crippen LogP contribution < -0.4 is 4.80 Å². The Morgan fingerprint density at radius 3 is 2.68 bits per heavy atom. The molecule has 0 radical (unpaired) electrons. The molecule has 0 atom stereocenters. The van der Waals surface area contributed by atoms with Crippen LogP contribution in [0.1, 0.15) is 21.5 Å². The van der Waals surface area contributed by atoms with Crippen molar-refractivity contribution in [3.63, 3.8) is 0 Å². The monoisotopic (exact) mass is 358 g/mol. The Morgan fingerprint density at radius 1 is 1.24 bits per heavy atom. The van der Waals surface area contributed by atoms with E-state index in [9.17, 15) is 13.6 Å². The third-order valence-electron chi connectivity index (χ3n) is 3.96. The third-order valence-corrected chi connectivity index (χ3v) is 4.98. The van der Waals surface area contributed by atoms with Crippen molar-refractivity contribution < 1.29 is 13.6 Å². The summed E-state index contributed by atoms with van der Waals surface area (Å²) in [7, 11) is 0. The van der Waals surface area contributed by atoms with E-state index in [1.54, 1.807) is 18.2 Å². The Labute approximate surface area is 147 Å². The quantitative estimate of drug-likeness (QED) is 0.634. The molecule has 0 unspecified atom stereocenters. The molecule has 3 nitrogen and oxygen atoms in total. The van der Waals surface area contributed by atoms with E-state index in [-0.39, 0.29) is 12.1 Å². The van der Waals surface area contributed by atoms with Gasteiger partial charge in [-0.05, 0) is 43.2 Å². The Morgan fingerprint density at radius 2 is 2.00 bits per heavy atom. The molecule has 0 spiro atoms. The second kappa shape index (κ2) is 6.72. The number of nitrogens with zero attached hydrogens (tertiary/aromatic N) is 2. The van der Waals surface area contributed by atoms with Crippen molar-refractivity contribution >= 4 is 27.5 Å². The van der Waals surface area contributed by atoms with E-state index >= 15 is 0 Å². The molecule has 0 bridgehead atoms. The van der Waals surface area contributed by atoms with Gasteiger partial charge in [-0.2, -0.15) is 4.99 Å². The Balaban J connectivity index is 2.19. The fraction of sp³-hybridized carbons (Fsp3) is 0.158. The lowest BCUT2D eigenvalue weighted by Crippen LogP contribution is -2.17.